The number of halogens is 5. The van der Waals surface area contributed by atoms with Crippen LogP contribution in [0, 0.1) is 0 Å². The van der Waals surface area contributed by atoms with Crippen molar-refractivity contribution in [3.05, 3.63) is 33.2 Å². The van der Waals surface area contributed by atoms with Gasteiger partial charge in [0, 0.05) is 17.8 Å². The zero-order valence-corrected chi connectivity index (χ0v) is 7.74. The number of pyridine rings is 1. The van der Waals surface area contributed by atoms with Gasteiger partial charge in [-0.1, -0.05) is 0 Å². The Morgan fingerprint density at radius 2 is 1.94 bits per heavy atom. The van der Waals surface area contributed by atoms with Gasteiger partial charge in [0.25, 0.3) is 12.0 Å². The third-order valence-electron chi connectivity index (χ3n) is 1.90. The van der Waals surface area contributed by atoms with Crippen LogP contribution in [0.4, 0.5) is 22.0 Å². The summed E-state index contributed by atoms with van der Waals surface area (Å²) in [4.78, 5) is 12.6. The Morgan fingerprint density at radius 3 is 2.31 bits per heavy atom. The molecule has 0 aliphatic heterocycles. The predicted molar refractivity (Wildman–Crippen MR) is 44.9 cm³/mol. The third kappa shape index (κ3) is 2.38. The quantitative estimate of drug-likeness (QED) is 0.777. The Balaban J connectivity index is 3.46. The summed E-state index contributed by atoms with van der Waals surface area (Å²) in [6.07, 6.45) is -8.10. The normalized spacial score (nSPS) is 12.2. The highest BCUT2D eigenvalue weighted by Crippen LogP contribution is 2.30. The largest absolute Gasteiger partial charge is 0.421 e. The molecule has 0 bridgehead atoms. The molecule has 90 valence electrons. The maximum absolute atomic E-state index is 12.4. The van der Waals surface area contributed by atoms with E-state index in [0.717, 1.165) is 0 Å². The molecule has 1 aromatic heterocycles. The molecular formula is C8H7F5N2O. The molecule has 1 aromatic rings. The first-order valence-corrected chi connectivity index (χ1v) is 4.09. The molecule has 0 atom stereocenters. The molecule has 0 saturated heterocycles. The van der Waals surface area contributed by atoms with Crippen LogP contribution in [0.3, 0.4) is 0 Å². The zero-order valence-electron chi connectivity index (χ0n) is 7.74. The van der Waals surface area contributed by atoms with Crippen molar-refractivity contribution in [2.24, 2.45) is 5.73 Å². The maximum atomic E-state index is 12.4. The first-order chi connectivity index (χ1) is 7.27. The Kier molecular flexibility index (Phi) is 3.32. The SMILES string of the molecule is NCc1[nH]c(=O)c(C(F)(F)F)cc1C(F)F. The Bertz CT molecular complexity index is 437. The zero-order chi connectivity index (χ0) is 12.5. The van der Waals surface area contributed by atoms with Crippen LogP contribution in [-0.4, -0.2) is 4.98 Å². The summed E-state index contributed by atoms with van der Waals surface area (Å²) in [5.41, 5.74) is 0.601. The second-order valence-corrected chi connectivity index (χ2v) is 2.95. The van der Waals surface area contributed by atoms with E-state index in [1.807, 2.05) is 0 Å². The topological polar surface area (TPSA) is 58.9 Å². The van der Waals surface area contributed by atoms with Crippen molar-refractivity contribution in [2.75, 3.05) is 0 Å². The van der Waals surface area contributed by atoms with E-state index in [2.05, 4.69) is 0 Å². The first kappa shape index (κ1) is 12.6. The number of nitrogens with one attached hydrogen (secondary N) is 1. The van der Waals surface area contributed by atoms with Crippen LogP contribution < -0.4 is 11.3 Å². The Labute approximate surface area is 86.1 Å². The van der Waals surface area contributed by atoms with Crippen LogP contribution in [0.5, 0.6) is 0 Å². The van der Waals surface area contributed by atoms with Gasteiger partial charge in [0.05, 0.1) is 0 Å². The van der Waals surface area contributed by atoms with Gasteiger partial charge in [-0.3, -0.25) is 4.79 Å². The average molecular weight is 242 g/mol. The third-order valence-corrected chi connectivity index (χ3v) is 1.90. The van der Waals surface area contributed by atoms with Crippen LogP contribution in [0.15, 0.2) is 10.9 Å². The maximum Gasteiger partial charge on any atom is 0.421 e. The van der Waals surface area contributed by atoms with Crippen molar-refractivity contribution >= 4 is 0 Å². The number of nitrogens with two attached hydrogens (primary N) is 1. The minimum atomic E-state index is -4.97. The number of hydrogen-bond donors (Lipinski definition) is 2. The summed E-state index contributed by atoms with van der Waals surface area (Å²) in [5.74, 6) is 0. The summed E-state index contributed by atoms with van der Waals surface area (Å²) < 4.78 is 61.4. The van der Waals surface area contributed by atoms with E-state index in [1.165, 1.54) is 0 Å². The molecule has 0 radical (unpaired) electrons. The van der Waals surface area contributed by atoms with Gasteiger partial charge in [-0.15, -0.1) is 0 Å². The van der Waals surface area contributed by atoms with E-state index >= 15 is 0 Å². The Morgan fingerprint density at radius 1 is 1.38 bits per heavy atom. The monoisotopic (exact) mass is 242 g/mol. The van der Waals surface area contributed by atoms with Crippen LogP contribution in [-0.2, 0) is 12.7 Å². The van der Waals surface area contributed by atoms with Gasteiger partial charge in [0.2, 0.25) is 0 Å². The van der Waals surface area contributed by atoms with Crippen molar-refractivity contribution < 1.29 is 22.0 Å². The van der Waals surface area contributed by atoms with Crippen molar-refractivity contribution in [3.8, 4) is 0 Å². The fourth-order valence-corrected chi connectivity index (χ4v) is 1.16. The smallest absolute Gasteiger partial charge is 0.325 e. The summed E-state index contributed by atoms with van der Waals surface area (Å²) in [6, 6.07) is 0.131. The molecule has 8 heteroatoms. The van der Waals surface area contributed by atoms with E-state index in [9.17, 15) is 26.7 Å². The minimum absolute atomic E-state index is 0.131. The second kappa shape index (κ2) is 4.20. The molecule has 0 aliphatic rings. The lowest BCUT2D eigenvalue weighted by atomic mass is 10.1. The summed E-state index contributed by atoms with van der Waals surface area (Å²) >= 11 is 0. The highest BCUT2D eigenvalue weighted by Gasteiger charge is 2.35. The fourth-order valence-electron chi connectivity index (χ4n) is 1.16. The molecule has 3 N–H and O–H groups in total. The first-order valence-electron chi connectivity index (χ1n) is 4.09. The molecular weight excluding hydrogens is 235 g/mol. The molecule has 0 spiro atoms. The molecule has 1 heterocycles. The molecule has 1 rings (SSSR count). The van der Waals surface area contributed by atoms with E-state index < -0.39 is 41.5 Å². The molecule has 0 amide bonds. The summed E-state index contributed by atoms with van der Waals surface area (Å²) in [6.45, 7) is -0.465. The van der Waals surface area contributed by atoms with E-state index in [-0.39, 0.29) is 6.07 Å². The molecule has 16 heavy (non-hydrogen) atoms. The number of aromatic nitrogens is 1. The van der Waals surface area contributed by atoms with Crippen molar-refractivity contribution in [1.82, 2.24) is 4.98 Å². The molecule has 0 unspecified atom stereocenters. The standard InChI is InChI=1S/C8H7F5N2O/c9-6(10)3-1-4(8(11,12)13)7(16)15-5(3)2-14/h1,6H,2,14H2,(H,15,16). The second-order valence-electron chi connectivity index (χ2n) is 2.95. The van der Waals surface area contributed by atoms with Gasteiger partial charge in [-0.25, -0.2) is 8.78 Å². The number of rotatable bonds is 2. The highest BCUT2D eigenvalue weighted by molar-refractivity contribution is 5.28. The molecule has 0 aliphatic carbocycles. The lowest BCUT2D eigenvalue weighted by Crippen LogP contribution is -2.24. The number of H-pyrrole nitrogens is 1. The predicted octanol–water partition coefficient (Wildman–Crippen LogP) is 1.79. The van der Waals surface area contributed by atoms with Crippen LogP contribution in [0.1, 0.15) is 23.2 Å². The lowest BCUT2D eigenvalue weighted by Gasteiger charge is -2.11. The number of hydrogen-bond acceptors (Lipinski definition) is 2. The van der Waals surface area contributed by atoms with Gasteiger partial charge in [0.1, 0.15) is 5.56 Å². The van der Waals surface area contributed by atoms with Crippen LogP contribution >= 0.6 is 0 Å². The average Bonchev–Trinajstić information content (AvgIpc) is 2.14. The minimum Gasteiger partial charge on any atom is -0.325 e. The van der Waals surface area contributed by atoms with E-state index in [4.69, 9.17) is 5.73 Å². The molecule has 0 aromatic carbocycles. The van der Waals surface area contributed by atoms with Crippen molar-refractivity contribution in [1.29, 1.82) is 0 Å². The molecule has 3 nitrogen and oxygen atoms in total. The van der Waals surface area contributed by atoms with Gasteiger partial charge in [-0.2, -0.15) is 13.2 Å². The van der Waals surface area contributed by atoms with Gasteiger partial charge in [-0.05, 0) is 6.07 Å². The van der Waals surface area contributed by atoms with E-state index in [0.29, 0.717) is 0 Å². The molecule has 0 fully saturated rings. The Hall–Kier alpha value is -1.44. The van der Waals surface area contributed by atoms with Gasteiger partial charge in [0.15, 0.2) is 0 Å². The fraction of sp³-hybridized carbons (Fsp3) is 0.375. The van der Waals surface area contributed by atoms with Gasteiger partial charge < -0.3 is 10.7 Å². The van der Waals surface area contributed by atoms with Crippen molar-refractivity contribution in [3.63, 3.8) is 0 Å². The van der Waals surface area contributed by atoms with Crippen LogP contribution in [0.25, 0.3) is 0 Å². The van der Waals surface area contributed by atoms with E-state index in [1.54, 1.807) is 4.98 Å². The highest BCUT2D eigenvalue weighted by atomic mass is 19.4. The summed E-state index contributed by atoms with van der Waals surface area (Å²) in [5, 5.41) is 0. The van der Waals surface area contributed by atoms with Crippen molar-refractivity contribution in [2.45, 2.75) is 19.1 Å². The number of aromatic amines is 1. The van der Waals surface area contributed by atoms with Crippen LogP contribution in [0.2, 0.25) is 0 Å². The lowest BCUT2D eigenvalue weighted by molar-refractivity contribution is -0.138. The molecule has 0 saturated carbocycles. The van der Waals surface area contributed by atoms with Gasteiger partial charge >= 0.3 is 6.18 Å². The summed E-state index contributed by atoms with van der Waals surface area (Å²) in [7, 11) is 0. The number of alkyl halides is 5.